The summed E-state index contributed by atoms with van der Waals surface area (Å²) in [6.07, 6.45) is 4.85. The zero-order chi connectivity index (χ0) is 26.9. The van der Waals surface area contributed by atoms with Gasteiger partial charge in [0, 0.05) is 36.7 Å². The number of benzene rings is 1. The molecule has 0 aliphatic carbocycles. The number of nitrogens with zero attached hydrogens (tertiary/aromatic N) is 1. The van der Waals surface area contributed by atoms with E-state index in [0.29, 0.717) is 37.7 Å². The first-order valence-electron chi connectivity index (χ1n) is 13.6. The lowest BCUT2D eigenvalue weighted by molar-refractivity contribution is -0.156. The van der Waals surface area contributed by atoms with Crippen LogP contribution in [0.2, 0.25) is 0 Å². The second kappa shape index (κ2) is 13.7. The molecule has 2 unspecified atom stereocenters. The number of aromatic amines is 1. The third kappa shape index (κ3) is 8.37. The molecule has 37 heavy (non-hydrogen) atoms. The summed E-state index contributed by atoms with van der Waals surface area (Å²) in [5, 5.41) is 3.44. The largest absolute Gasteiger partial charge is 0.461 e. The number of rotatable bonds is 11. The number of hydrogen-bond acceptors (Lipinski definition) is 6. The van der Waals surface area contributed by atoms with Gasteiger partial charge in [-0.3, -0.25) is 14.6 Å². The van der Waals surface area contributed by atoms with Crippen molar-refractivity contribution in [2.45, 2.75) is 85.9 Å². The van der Waals surface area contributed by atoms with Crippen molar-refractivity contribution in [1.29, 1.82) is 0 Å². The Labute approximate surface area is 221 Å². The highest BCUT2D eigenvalue weighted by molar-refractivity contribution is 6.03. The molecule has 1 fully saturated rings. The Morgan fingerprint density at radius 3 is 2.54 bits per heavy atom. The minimum absolute atomic E-state index is 0.0615. The molecule has 0 saturated carbocycles. The molecule has 0 amide bonds. The van der Waals surface area contributed by atoms with Crippen LogP contribution < -0.4 is 10.9 Å². The minimum atomic E-state index is -0.365. The molecule has 2 heterocycles. The molecule has 2 N–H and O–H groups in total. The van der Waals surface area contributed by atoms with Gasteiger partial charge in [0.15, 0.2) is 0 Å². The maximum atomic E-state index is 13.0. The van der Waals surface area contributed by atoms with E-state index in [1.165, 1.54) is 0 Å². The van der Waals surface area contributed by atoms with Crippen molar-refractivity contribution < 1.29 is 14.3 Å². The Kier molecular flexibility index (Phi) is 10.6. The van der Waals surface area contributed by atoms with E-state index in [-0.39, 0.29) is 29.6 Å². The van der Waals surface area contributed by atoms with Crippen molar-refractivity contribution in [2.75, 3.05) is 13.2 Å². The maximum Gasteiger partial charge on any atom is 0.323 e. The van der Waals surface area contributed by atoms with Gasteiger partial charge in [-0.15, -0.1) is 0 Å². The van der Waals surface area contributed by atoms with Crippen molar-refractivity contribution in [2.24, 2.45) is 16.8 Å². The van der Waals surface area contributed by atoms with E-state index in [9.17, 15) is 9.59 Å². The number of esters is 1. The van der Waals surface area contributed by atoms with Gasteiger partial charge in [-0.05, 0) is 61.8 Å². The molecule has 202 valence electrons. The van der Waals surface area contributed by atoms with Crippen molar-refractivity contribution in [3.8, 4) is 0 Å². The number of hydrogen-bond donors (Lipinski definition) is 2. The lowest BCUT2D eigenvalue weighted by Crippen LogP contribution is -2.41. The highest BCUT2D eigenvalue weighted by atomic mass is 16.6. The Hall–Kier alpha value is -2.77. The van der Waals surface area contributed by atoms with E-state index in [1.54, 1.807) is 6.20 Å². The highest BCUT2D eigenvalue weighted by Crippen LogP contribution is 2.25. The Morgan fingerprint density at radius 1 is 1.16 bits per heavy atom. The normalized spacial score (nSPS) is 16.6. The average molecular weight is 510 g/mol. The number of aliphatic imine (C=N–C) groups is 1. The van der Waals surface area contributed by atoms with Gasteiger partial charge in [0.05, 0.1) is 24.6 Å². The Morgan fingerprint density at radius 2 is 1.89 bits per heavy atom. The molecule has 7 heteroatoms. The van der Waals surface area contributed by atoms with Gasteiger partial charge in [0.2, 0.25) is 0 Å². The molecule has 0 bridgehead atoms. The first-order valence-corrected chi connectivity index (χ1v) is 13.6. The van der Waals surface area contributed by atoms with Gasteiger partial charge in [-0.2, -0.15) is 0 Å². The number of aromatic nitrogens is 1. The quantitative estimate of drug-likeness (QED) is 0.313. The fourth-order valence-electron chi connectivity index (χ4n) is 4.43. The van der Waals surface area contributed by atoms with E-state index in [2.05, 4.69) is 63.1 Å². The van der Waals surface area contributed by atoms with Crippen molar-refractivity contribution in [1.82, 2.24) is 10.3 Å². The van der Waals surface area contributed by atoms with Crippen molar-refractivity contribution in [3.05, 3.63) is 63.1 Å². The molecular weight excluding hydrogens is 466 g/mol. The number of carbonyl (C=O) groups is 1. The van der Waals surface area contributed by atoms with Crippen LogP contribution in [0.5, 0.6) is 0 Å². The third-order valence-corrected chi connectivity index (χ3v) is 6.97. The number of carbonyl (C=O) groups excluding carboxylic acids is 1. The number of aryl methyl sites for hydroxylation is 2. The predicted octanol–water partition coefficient (Wildman–Crippen LogP) is 5.39. The zero-order valence-corrected chi connectivity index (χ0v) is 23.2. The Balaban J connectivity index is 1.80. The second-order valence-electron chi connectivity index (χ2n) is 10.6. The summed E-state index contributed by atoms with van der Waals surface area (Å²) in [6, 6.07) is 7.77. The summed E-state index contributed by atoms with van der Waals surface area (Å²) in [5.41, 5.74) is 5.50. The lowest BCUT2D eigenvalue weighted by Gasteiger charge is -2.26. The molecule has 1 aromatic heterocycles. The fourth-order valence-corrected chi connectivity index (χ4v) is 4.43. The van der Waals surface area contributed by atoms with Gasteiger partial charge in [0.25, 0.3) is 5.56 Å². The molecule has 0 spiro atoms. The molecular formula is C30H43N3O4. The van der Waals surface area contributed by atoms with E-state index in [4.69, 9.17) is 14.5 Å². The van der Waals surface area contributed by atoms with Gasteiger partial charge >= 0.3 is 5.97 Å². The van der Waals surface area contributed by atoms with Gasteiger partial charge in [0.1, 0.15) is 12.1 Å². The summed E-state index contributed by atoms with van der Waals surface area (Å²) >= 11 is 0. The molecule has 3 rings (SSSR count). The molecule has 1 saturated heterocycles. The first-order chi connectivity index (χ1) is 17.7. The Bertz CT molecular complexity index is 1130. The lowest BCUT2D eigenvalue weighted by atomic mass is 9.96. The molecule has 2 aromatic rings. The van der Waals surface area contributed by atoms with E-state index < -0.39 is 0 Å². The predicted molar refractivity (Wildman–Crippen MR) is 149 cm³/mol. The number of ether oxygens (including phenoxy) is 2. The van der Waals surface area contributed by atoms with Crippen LogP contribution in [0.1, 0.15) is 75.6 Å². The number of H-pyrrole nitrogens is 1. The third-order valence-electron chi connectivity index (χ3n) is 6.97. The first kappa shape index (κ1) is 28.8. The SMILES string of the molecule is CCC(C)C(=Nc1cc(CNC(CC(C)C)C(=O)OC2CCOCC2)ccc1C)c1c[nH]c(=O)c(C)c1. The summed E-state index contributed by atoms with van der Waals surface area (Å²) in [6.45, 7) is 14.2. The zero-order valence-electron chi connectivity index (χ0n) is 23.2. The van der Waals surface area contributed by atoms with E-state index in [1.807, 2.05) is 13.0 Å². The van der Waals surface area contributed by atoms with Crippen LogP contribution in [-0.4, -0.2) is 42.0 Å². The summed E-state index contributed by atoms with van der Waals surface area (Å²) < 4.78 is 11.2. The van der Waals surface area contributed by atoms with E-state index >= 15 is 0 Å². The van der Waals surface area contributed by atoms with E-state index in [0.717, 1.165) is 47.4 Å². The average Bonchev–Trinajstić information content (AvgIpc) is 2.88. The summed E-state index contributed by atoms with van der Waals surface area (Å²) in [7, 11) is 0. The van der Waals surface area contributed by atoms with Gasteiger partial charge < -0.3 is 19.8 Å². The monoisotopic (exact) mass is 509 g/mol. The fraction of sp³-hybridized carbons (Fsp3) is 0.567. The van der Waals surface area contributed by atoms with Crippen LogP contribution in [0.4, 0.5) is 5.69 Å². The summed E-state index contributed by atoms with van der Waals surface area (Å²) in [5.74, 6) is 0.400. The molecule has 2 atom stereocenters. The molecule has 7 nitrogen and oxygen atoms in total. The van der Waals surface area contributed by atoms with Crippen LogP contribution in [0, 0.1) is 25.7 Å². The molecule has 1 aliphatic heterocycles. The number of nitrogens with one attached hydrogen (secondary N) is 2. The minimum Gasteiger partial charge on any atom is -0.461 e. The highest BCUT2D eigenvalue weighted by Gasteiger charge is 2.25. The topological polar surface area (TPSA) is 92.8 Å². The summed E-state index contributed by atoms with van der Waals surface area (Å²) in [4.78, 5) is 32.8. The van der Waals surface area contributed by atoms with Crippen molar-refractivity contribution in [3.63, 3.8) is 0 Å². The van der Waals surface area contributed by atoms with Crippen molar-refractivity contribution >= 4 is 17.4 Å². The molecule has 1 aromatic carbocycles. The van der Waals surface area contributed by atoms with Gasteiger partial charge in [-0.1, -0.05) is 39.8 Å². The smallest absolute Gasteiger partial charge is 0.323 e. The van der Waals surface area contributed by atoms with Crippen LogP contribution >= 0.6 is 0 Å². The van der Waals surface area contributed by atoms with Crippen LogP contribution in [0.15, 0.2) is 40.2 Å². The van der Waals surface area contributed by atoms with Gasteiger partial charge in [-0.25, -0.2) is 0 Å². The van der Waals surface area contributed by atoms with Crippen LogP contribution in [0.25, 0.3) is 0 Å². The van der Waals surface area contributed by atoms with Crippen LogP contribution in [-0.2, 0) is 20.8 Å². The molecule has 1 aliphatic rings. The second-order valence-corrected chi connectivity index (χ2v) is 10.6. The van der Waals surface area contributed by atoms with Crippen LogP contribution in [0.3, 0.4) is 0 Å². The molecule has 0 radical (unpaired) electrons. The maximum absolute atomic E-state index is 13.0. The number of pyridine rings is 1. The standard InChI is InChI=1S/C30H43N3O4/c1-7-20(4)28(24-15-22(6)29(34)32-18-24)33-26-16-23(9-8-21(26)5)17-31-27(14-19(2)3)30(35)37-25-10-12-36-13-11-25/h8-9,15-16,18-20,25,27,31H,7,10-14,17H2,1-6H3,(H,32,34).